The van der Waals surface area contributed by atoms with Crippen LogP contribution in [0.25, 0.3) is 0 Å². The Kier molecular flexibility index (Phi) is 4.46. The van der Waals surface area contributed by atoms with Crippen LogP contribution in [0, 0.1) is 0 Å². The van der Waals surface area contributed by atoms with Crippen LogP contribution < -0.4 is 5.32 Å². The van der Waals surface area contributed by atoms with Crippen molar-refractivity contribution >= 4 is 11.9 Å². The van der Waals surface area contributed by atoms with Crippen LogP contribution in [0.15, 0.2) is 42.0 Å². The average Bonchev–Trinajstić information content (AvgIpc) is 2.29. The smallest absolute Gasteiger partial charge is 0.331 e. The summed E-state index contributed by atoms with van der Waals surface area (Å²) in [5.41, 5.74) is 0.991. The number of hydrogen-bond donors (Lipinski definition) is 2. The van der Waals surface area contributed by atoms with Crippen molar-refractivity contribution in [3.8, 4) is 0 Å². The Morgan fingerprint density at radius 3 is 2.41 bits per heavy atom. The van der Waals surface area contributed by atoms with Crippen LogP contribution in [0.3, 0.4) is 0 Å². The van der Waals surface area contributed by atoms with Crippen molar-refractivity contribution in [2.24, 2.45) is 0 Å². The molecule has 0 bridgehead atoms. The van der Waals surface area contributed by atoms with Gasteiger partial charge in [0, 0.05) is 11.6 Å². The quantitative estimate of drug-likeness (QED) is 0.780. The molecule has 1 atom stereocenters. The van der Waals surface area contributed by atoms with E-state index in [1.807, 2.05) is 37.3 Å². The van der Waals surface area contributed by atoms with Gasteiger partial charge in [0.2, 0.25) is 5.91 Å². The number of carbonyl (C=O) groups excluding carboxylic acids is 1. The van der Waals surface area contributed by atoms with E-state index in [1.165, 1.54) is 6.92 Å². The molecule has 1 aromatic rings. The van der Waals surface area contributed by atoms with Gasteiger partial charge in [-0.1, -0.05) is 30.3 Å². The van der Waals surface area contributed by atoms with Crippen LogP contribution in [0.5, 0.6) is 0 Å². The minimum Gasteiger partial charge on any atom is -0.478 e. The molecular weight excluding hydrogens is 218 g/mol. The van der Waals surface area contributed by atoms with Crippen LogP contribution >= 0.6 is 0 Å². The molecule has 1 aromatic carbocycles. The highest BCUT2D eigenvalue weighted by Gasteiger charge is 2.09. The molecule has 0 unspecified atom stereocenters. The van der Waals surface area contributed by atoms with Gasteiger partial charge in [0.25, 0.3) is 0 Å². The van der Waals surface area contributed by atoms with E-state index in [2.05, 4.69) is 5.32 Å². The van der Waals surface area contributed by atoms with Crippen molar-refractivity contribution < 1.29 is 14.7 Å². The maximum atomic E-state index is 11.5. The molecule has 0 aliphatic rings. The van der Waals surface area contributed by atoms with Gasteiger partial charge in [-0.05, 0) is 19.4 Å². The molecule has 17 heavy (non-hydrogen) atoms. The van der Waals surface area contributed by atoms with E-state index in [4.69, 9.17) is 5.11 Å². The maximum Gasteiger partial charge on any atom is 0.331 e. The summed E-state index contributed by atoms with van der Waals surface area (Å²) in [6.45, 7) is 3.23. The van der Waals surface area contributed by atoms with Crippen LogP contribution in [-0.4, -0.2) is 17.0 Å². The number of amides is 1. The van der Waals surface area contributed by atoms with E-state index in [0.29, 0.717) is 0 Å². The molecule has 1 rings (SSSR count). The van der Waals surface area contributed by atoms with Crippen molar-refractivity contribution in [1.29, 1.82) is 0 Å². The number of benzene rings is 1. The van der Waals surface area contributed by atoms with Gasteiger partial charge in [-0.25, -0.2) is 4.79 Å². The number of aliphatic carboxylic acids is 1. The molecule has 0 aliphatic heterocycles. The molecule has 4 nitrogen and oxygen atoms in total. The zero-order chi connectivity index (χ0) is 12.8. The summed E-state index contributed by atoms with van der Waals surface area (Å²) >= 11 is 0. The zero-order valence-corrected chi connectivity index (χ0v) is 9.81. The number of rotatable bonds is 4. The van der Waals surface area contributed by atoms with Gasteiger partial charge in [-0.3, -0.25) is 4.79 Å². The molecular formula is C13H15NO3. The lowest BCUT2D eigenvalue weighted by Crippen LogP contribution is -2.25. The molecule has 4 heteroatoms. The fourth-order valence-electron chi connectivity index (χ4n) is 1.34. The zero-order valence-electron chi connectivity index (χ0n) is 9.81. The van der Waals surface area contributed by atoms with Gasteiger partial charge >= 0.3 is 5.97 Å². The van der Waals surface area contributed by atoms with Gasteiger partial charge in [-0.2, -0.15) is 0 Å². The first-order chi connectivity index (χ1) is 8.00. The Bertz CT molecular complexity index is 437. The number of nitrogens with one attached hydrogen (secondary N) is 1. The summed E-state index contributed by atoms with van der Waals surface area (Å²) in [6, 6.07) is 9.32. The van der Waals surface area contributed by atoms with E-state index < -0.39 is 11.9 Å². The summed E-state index contributed by atoms with van der Waals surface area (Å²) in [7, 11) is 0. The second-order valence-electron chi connectivity index (χ2n) is 3.77. The van der Waals surface area contributed by atoms with Crippen LogP contribution in [0.2, 0.25) is 0 Å². The molecule has 0 saturated heterocycles. The van der Waals surface area contributed by atoms with E-state index >= 15 is 0 Å². The number of carboxylic acid groups (broad SMARTS) is 1. The minimum atomic E-state index is -1.09. The van der Waals surface area contributed by atoms with E-state index in [1.54, 1.807) is 0 Å². The first kappa shape index (κ1) is 13.0. The second-order valence-corrected chi connectivity index (χ2v) is 3.77. The fourth-order valence-corrected chi connectivity index (χ4v) is 1.34. The highest BCUT2D eigenvalue weighted by molar-refractivity contribution is 5.97. The SMILES string of the molecule is C/C(=C\C(=O)N[C@@H](C)c1ccccc1)C(=O)O. The summed E-state index contributed by atoms with van der Waals surface area (Å²) in [4.78, 5) is 22.0. The third kappa shape index (κ3) is 4.10. The Morgan fingerprint density at radius 1 is 1.29 bits per heavy atom. The van der Waals surface area contributed by atoms with Crippen molar-refractivity contribution in [2.75, 3.05) is 0 Å². The van der Waals surface area contributed by atoms with E-state index in [0.717, 1.165) is 11.6 Å². The lowest BCUT2D eigenvalue weighted by molar-refractivity contribution is -0.133. The normalized spacial score (nSPS) is 12.9. The Balaban J connectivity index is 2.64. The topological polar surface area (TPSA) is 66.4 Å². The predicted molar refractivity (Wildman–Crippen MR) is 64.4 cm³/mol. The molecule has 0 aromatic heterocycles. The highest BCUT2D eigenvalue weighted by Crippen LogP contribution is 2.10. The van der Waals surface area contributed by atoms with Gasteiger partial charge in [0.15, 0.2) is 0 Å². The predicted octanol–water partition coefficient (Wildman–Crippen LogP) is 1.89. The van der Waals surface area contributed by atoms with Gasteiger partial charge in [0.05, 0.1) is 6.04 Å². The largest absolute Gasteiger partial charge is 0.478 e. The van der Waals surface area contributed by atoms with Crippen molar-refractivity contribution in [1.82, 2.24) is 5.32 Å². The Hall–Kier alpha value is -2.10. The summed E-state index contributed by atoms with van der Waals surface area (Å²) in [5, 5.41) is 11.3. The van der Waals surface area contributed by atoms with Gasteiger partial charge < -0.3 is 10.4 Å². The molecule has 0 heterocycles. The molecule has 0 saturated carbocycles. The Labute approximate surface area is 100.0 Å². The summed E-state index contributed by atoms with van der Waals surface area (Å²) in [6.07, 6.45) is 1.09. The number of hydrogen-bond acceptors (Lipinski definition) is 2. The monoisotopic (exact) mass is 233 g/mol. The molecule has 2 N–H and O–H groups in total. The van der Waals surface area contributed by atoms with Crippen LogP contribution in [-0.2, 0) is 9.59 Å². The highest BCUT2D eigenvalue weighted by atomic mass is 16.4. The van der Waals surface area contributed by atoms with E-state index in [-0.39, 0.29) is 11.6 Å². The summed E-state index contributed by atoms with van der Waals surface area (Å²) < 4.78 is 0. The molecule has 1 amide bonds. The third-order valence-electron chi connectivity index (χ3n) is 2.34. The number of carboxylic acids is 1. The van der Waals surface area contributed by atoms with Crippen LogP contribution in [0.1, 0.15) is 25.5 Å². The van der Waals surface area contributed by atoms with Crippen LogP contribution in [0.4, 0.5) is 0 Å². The fraction of sp³-hybridized carbons (Fsp3) is 0.231. The molecule has 0 fully saturated rings. The second kappa shape index (κ2) is 5.84. The molecule has 0 spiro atoms. The van der Waals surface area contributed by atoms with Crippen molar-refractivity contribution in [3.63, 3.8) is 0 Å². The molecule has 0 aliphatic carbocycles. The van der Waals surface area contributed by atoms with Crippen molar-refractivity contribution in [2.45, 2.75) is 19.9 Å². The lowest BCUT2D eigenvalue weighted by Gasteiger charge is -2.12. The third-order valence-corrected chi connectivity index (χ3v) is 2.34. The summed E-state index contributed by atoms with van der Waals surface area (Å²) in [5.74, 6) is -1.49. The average molecular weight is 233 g/mol. The minimum absolute atomic E-state index is 0.0164. The maximum absolute atomic E-state index is 11.5. The van der Waals surface area contributed by atoms with E-state index in [9.17, 15) is 9.59 Å². The van der Waals surface area contributed by atoms with Crippen molar-refractivity contribution in [3.05, 3.63) is 47.5 Å². The molecule has 0 radical (unpaired) electrons. The lowest BCUT2D eigenvalue weighted by atomic mass is 10.1. The Morgan fingerprint density at radius 2 is 1.88 bits per heavy atom. The first-order valence-corrected chi connectivity index (χ1v) is 5.27. The number of carbonyl (C=O) groups is 2. The van der Waals surface area contributed by atoms with Gasteiger partial charge in [0.1, 0.15) is 0 Å². The van der Waals surface area contributed by atoms with Gasteiger partial charge in [-0.15, -0.1) is 0 Å². The first-order valence-electron chi connectivity index (χ1n) is 5.27. The molecule has 90 valence electrons. The standard InChI is InChI=1S/C13H15NO3/c1-9(13(16)17)8-12(15)14-10(2)11-6-4-3-5-7-11/h3-8,10H,1-2H3,(H,14,15)(H,16,17)/b9-8+/t10-/m0/s1.